The Balaban J connectivity index is 1.29. The molecule has 0 N–H and O–H groups in total. The topological polar surface area (TPSA) is 82.8 Å². The molecule has 0 bridgehead atoms. The number of hydrogen-bond acceptors (Lipinski definition) is 5. The molecule has 0 radical (unpaired) electrons. The van der Waals surface area contributed by atoms with Crippen LogP contribution in [0.25, 0.3) is 11.3 Å². The van der Waals surface area contributed by atoms with Gasteiger partial charge in [-0.15, -0.1) is 0 Å². The molecule has 32 heavy (non-hydrogen) atoms. The fourth-order valence-corrected chi connectivity index (χ4v) is 4.52. The largest absolute Gasteiger partial charge is 0.339 e. The number of aromatic nitrogens is 3. The van der Waals surface area contributed by atoms with E-state index in [4.69, 9.17) is 0 Å². The van der Waals surface area contributed by atoms with Gasteiger partial charge in [-0.2, -0.15) is 5.26 Å². The van der Waals surface area contributed by atoms with Crippen LogP contribution >= 0.6 is 0 Å². The number of amides is 1. The summed E-state index contributed by atoms with van der Waals surface area (Å²) in [5.74, 6) is 0.665. The van der Waals surface area contributed by atoms with Crippen LogP contribution in [0, 0.1) is 16.7 Å². The summed E-state index contributed by atoms with van der Waals surface area (Å²) in [7, 11) is 0. The monoisotopic (exact) mass is 423 g/mol. The molecule has 2 aromatic heterocycles. The Morgan fingerprint density at radius 2 is 1.91 bits per heavy atom. The van der Waals surface area contributed by atoms with Crippen LogP contribution in [0.2, 0.25) is 0 Å². The molecule has 2 aliphatic rings. The maximum absolute atomic E-state index is 13.3. The van der Waals surface area contributed by atoms with Gasteiger partial charge >= 0.3 is 0 Å². The molecule has 6 nitrogen and oxygen atoms in total. The summed E-state index contributed by atoms with van der Waals surface area (Å²) < 4.78 is 0. The minimum Gasteiger partial charge on any atom is -0.339 e. The van der Waals surface area contributed by atoms with Gasteiger partial charge in [0.05, 0.1) is 17.2 Å². The second-order valence-electron chi connectivity index (χ2n) is 8.86. The van der Waals surface area contributed by atoms with Crippen molar-refractivity contribution in [3.8, 4) is 17.3 Å². The van der Waals surface area contributed by atoms with E-state index < -0.39 is 5.41 Å². The predicted molar refractivity (Wildman–Crippen MR) is 121 cm³/mol. The van der Waals surface area contributed by atoms with E-state index in [2.05, 4.69) is 33.2 Å². The fraction of sp³-hybridized carbons (Fsp3) is 0.346. The second kappa shape index (κ2) is 8.51. The van der Waals surface area contributed by atoms with Crippen molar-refractivity contribution in [3.63, 3.8) is 0 Å². The number of piperidine rings is 1. The van der Waals surface area contributed by atoms with Crippen LogP contribution in [0.3, 0.4) is 0 Å². The number of nitriles is 1. The van der Waals surface area contributed by atoms with Gasteiger partial charge in [0.1, 0.15) is 6.33 Å². The van der Waals surface area contributed by atoms with E-state index in [1.165, 1.54) is 24.7 Å². The summed E-state index contributed by atoms with van der Waals surface area (Å²) in [5, 5.41) is 9.99. The summed E-state index contributed by atoms with van der Waals surface area (Å²) >= 11 is 0. The molecule has 1 saturated carbocycles. The standard InChI is InChI=1S/C26H25N5O/c27-17-26(15-21-8-7-20(16-29-21)19-5-6-19)10-13-31(14-11-26)25(32)23-4-2-1-3-22(23)24-9-12-28-18-30-24/h1-4,7-9,12,16,18-19H,5-6,10-11,13-15H2. The lowest BCUT2D eigenvalue weighted by Gasteiger charge is -2.37. The zero-order valence-corrected chi connectivity index (χ0v) is 17.9. The maximum Gasteiger partial charge on any atom is 0.254 e. The number of nitrogens with zero attached hydrogens (tertiary/aromatic N) is 5. The molecule has 1 amide bonds. The smallest absolute Gasteiger partial charge is 0.254 e. The van der Waals surface area contributed by atoms with Crippen molar-refractivity contribution in [2.45, 2.75) is 38.0 Å². The quantitative estimate of drug-likeness (QED) is 0.607. The zero-order chi connectivity index (χ0) is 22.0. The summed E-state index contributed by atoms with van der Waals surface area (Å²) in [6.07, 6.45) is 9.59. The van der Waals surface area contributed by atoms with Gasteiger partial charge in [0.25, 0.3) is 5.91 Å². The first-order valence-electron chi connectivity index (χ1n) is 11.2. The minimum absolute atomic E-state index is 0.0161. The Morgan fingerprint density at radius 3 is 2.56 bits per heavy atom. The van der Waals surface area contributed by atoms with E-state index in [1.54, 1.807) is 6.20 Å². The summed E-state index contributed by atoms with van der Waals surface area (Å²) in [5.41, 5.74) is 3.96. The van der Waals surface area contributed by atoms with Gasteiger partial charge in [-0.05, 0) is 55.4 Å². The Labute approximate surface area is 188 Å². The van der Waals surface area contributed by atoms with Gasteiger partial charge in [-0.25, -0.2) is 9.97 Å². The minimum atomic E-state index is -0.475. The molecule has 5 rings (SSSR count). The van der Waals surface area contributed by atoms with E-state index >= 15 is 0 Å². The number of carbonyl (C=O) groups is 1. The Bertz CT molecular complexity index is 1140. The lowest BCUT2D eigenvalue weighted by atomic mass is 9.76. The second-order valence-corrected chi connectivity index (χ2v) is 8.86. The van der Waals surface area contributed by atoms with E-state index in [0.29, 0.717) is 43.8 Å². The highest BCUT2D eigenvalue weighted by atomic mass is 16.2. The third kappa shape index (κ3) is 4.11. The van der Waals surface area contributed by atoms with Crippen molar-refractivity contribution in [1.29, 1.82) is 5.26 Å². The summed E-state index contributed by atoms with van der Waals surface area (Å²) in [6.45, 7) is 1.12. The molecule has 0 atom stereocenters. The van der Waals surface area contributed by atoms with Gasteiger partial charge < -0.3 is 4.90 Å². The summed E-state index contributed by atoms with van der Waals surface area (Å²) in [6, 6.07) is 16.1. The Morgan fingerprint density at radius 1 is 1.09 bits per heavy atom. The van der Waals surface area contributed by atoms with Crippen LogP contribution < -0.4 is 0 Å². The molecular weight excluding hydrogens is 398 g/mol. The lowest BCUT2D eigenvalue weighted by Crippen LogP contribution is -2.43. The number of hydrogen-bond donors (Lipinski definition) is 0. The van der Waals surface area contributed by atoms with Gasteiger partial charge in [-0.1, -0.05) is 24.3 Å². The number of carbonyl (C=O) groups excluding carboxylic acids is 1. The molecule has 0 unspecified atom stereocenters. The van der Waals surface area contributed by atoms with Crippen LogP contribution in [0.4, 0.5) is 0 Å². The Hall–Kier alpha value is -3.59. The highest BCUT2D eigenvalue weighted by molar-refractivity contribution is 6.00. The van der Waals surface area contributed by atoms with Gasteiger partial charge in [-0.3, -0.25) is 9.78 Å². The lowest BCUT2D eigenvalue weighted by molar-refractivity contribution is 0.0647. The number of pyridine rings is 1. The molecule has 0 spiro atoms. The molecule has 1 aromatic carbocycles. The maximum atomic E-state index is 13.3. The third-order valence-electron chi connectivity index (χ3n) is 6.68. The molecule has 1 saturated heterocycles. The summed E-state index contributed by atoms with van der Waals surface area (Å²) in [4.78, 5) is 28.1. The number of benzene rings is 1. The third-order valence-corrected chi connectivity index (χ3v) is 6.68. The van der Waals surface area contributed by atoms with Crippen molar-refractivity contribution in [2.24, 2.45) is 5.41 Å². The molecular formula is C26H25N5O. The van der Waals surface area contributed by atoms with Crippen LogP contribution in [-0.4, -0.2) is 38.8 Å². The number of rotatable bonds is 5. The Kier molecular flexibility index (Phi) is 5.40. The average Bonchev–Trinajstić information content (AvgIpc) is 3.71. The highest BCUT2D eigenvalue weighted by Crippen LogP contribution is 2.40. The van der Waals surface area contributed by atoms with Crippen molar-refractivity contribution < 1.29 is 4.79 Å². The first-order chi connectivity index (χ1) is 15.7. The normalized spacial score (nSPS) is 17.5. The van der Waals surface area contributed by atoms with Gasteiger partial charge in [0, 0.05) is 48.7 Å². The van der Waals surface area contributed by atoms with Crippen molar-refractivity contribution in [2.75, 3.05) is 13.1 Å². The van der Waals surface area contributed by atoms with Crippen LogP contribution in [0.15, 0.2) is 61.2 Å². The van der Waals surface area contributed by atoms with E-state index in [-0.39, 0.29) is 5.91 Å². The van der Waals surface area contributed by atoms with Crippen LogP contribution in [-0.2, 0) is 6.42 Å². The molecule has 3 heterocycles. The number of likely N-dealkylation sites (tertiary alicyclic amines) is 1. The van der Waals surface area contributed by atoms with Crippen molar-refractivity contribution in [1.82, 2.24) is 19.9 Å². The van der Waals surface area contributed by atoms with Crippen LogP contribution in [0.5, 0.6) is 0 Å². The van der Waals surface area contributed by atoms with E-state index in [9.17, 15) is 10.1 Å². The predicted octanol–water partition coefficient (Wildman–Crippen LogP) is 4.40. The first kappa shape index (κ1) is 20.3. The first-order valence-corrected chi connectivity index (χ1v) is 11.2. The van der Waals surface area contributed by atoms with Crippen LogP contribution in [0.1, 0.15) is 53.2 Å². The molecule has 6 heteroatoms. The van der Waals surface area contributed by atoms with E-state index in [1.807, 2.05) is 41.4 Å². The molecule has 3 aromatic rings. The molecule has 1 aliphatic carbocycles. The molecule has 2 fully saturated rings. The fourth-order valence-electron chi connectivity index (χ4n) is 4.52. The average molecular weight is 424 g/mol. The molecule has 1 aliphatic heterocycles. The van der Waals surface area contributed by atoms with E-state index in [0.717, 1.165) is 17.0 Å². The van der Waals surface area contributed by atoms with Crippen molar-refractivity contribution in [3.05, 3.63) is 78.0 Å². The van der Waals surface area contributed by atoms with Gasteiger partial charge in [0.15, 0.2) is 0 Å². The van der Waals surface area contributed by atoms with Crippen molar-refractivity contribution >= 4 is 5.91 Å². The zero-order valence-electron chi connectivity index (χ0n) is 17.9. The highest BCUT2D eigenvalue weighted by Gasteiger charge is 2.37. The van der Waals surface area contributed by atoms with Gasteiger partial charge in [0.2, 0.25) is 0 Å². The SMILES string of the molecule is N#CC1(Cc2ccc(C3CC3)cn2)CCN(C(=O)c2ccccc2-c2ccncn2)CC1. The molecule has 160 valence electrons.